The molecule has 1 aliphatic heterocycles. The third-order valence-corrected chi connectivity index (χ3v) is 3.89. The number of nitriles is 1. The highest BCUT2D eigenvalue weighted by atomic mass is 16.2. The largest absolute Gasteiger partial charge is 0.340 e. The molecule has 1 rings (SSSR count). The van der Waals surface area contributed by atoms with Gasteiger partial charge >= 0.3 is 0 Å². The van der Waals surface area contributed by atoms with Crippen molar-refractivity contribution in [2.24, 2.45) is 5.41 Å². The second-order valence-electron chi connectivity index (χ2n) is 5.27. The van der Waals surface area contributed by atoms with Crippen molar-refractivity contribution in [3.63, 3.8) is 0 Å². The molecule has 2 unspecified atom stereocenters. The third kappa shape index (κ3) is 2.98. The first-order valence-electron chi connectivity index (χ1n) is 6.31. The minimum Gasteiger partial charge on any atom is -0.340 e. The molecule has 0 aliphatic carbocycles. The lowest BCUT2D eigenvalue weighted by molar-refractivity contribution is -0.140. The van der Waals surface area contributed by atoms with Gasteiger partial charge in [-0.25, -0.2) is 0 Å². The van der Waals surface area contributed by atoms with Crippen LogP contribution in [0.2, 0.25) is 0 Å². The molecule has 1 saturated heterocycles. The normalized spacial score (nSPS) is 24.8. The molecule has 0 saturated carbocycles. The number of nitrogens with zero attached hydrogens (tertiary/aromatic N) is 3. The summed E-state index contributed by atoms with van der Waals surface area (Å²) in [6, 6.07) is 2.40. The highest BCUT2D eigenvalue weighted by Crippen LogP contribution is 2.25. The van der Waals surface area contributed by atoms with Crippen LogP contribution < -0.4 is 0 Å². The minimum absolute atomic E-state index is 0.0391. The topological polar surface area (TPSA) is 47.3 Å². The van der Waals surface area contributed by atoms with Crippen molar-refractivity contribution in [1.29, 1.82) is 5.26 Å². The van der Waals surface area contributed by atoms with Crippen molar-refractivity contribution in [1.82, 2.24) is 9.80 Å². The van der Waals surface area contributed by atoms with Gasteiger partial charge in [0.15, 0.2) is 0 Å². The number of hydrogen-bond donors (Lipinski definition) is 0. The molecule has 0 radical (unpaired) electrons. The predicted molar refractivity (Wildman–Crippen MR) is 67.3 cm³/mol. The van der Waals surface area contributed by atoms with E-state index in [4.69, 9.17) is 5.26 Å². The number of carbonyl (C=O) groups excluding carboxylic acids is 1. The van der Waals surface area contributed by atoms with Crippen LogP contribution in [0.4, 0.5) is 0 Å². The Bertz CT molecular complexity index is 323. The molecule has 4 heteroatoms. The molecule has 0 spiro atoms. The highest BCUT2D eigenvalue weighted by molar-refractivity contribution is 5.85. The van der Waals surface area contributed by atoms with Gasteiger partial charge in [0.25, 0.3) is 0 Å². The zero-order chi connectivity index (χ0) is 13.1. The fourth-order valence-corrected chi connectivity index (χ4v) is 2.29. The minimum atomic E-state index is -0.870. The van der Waals surface area contributed by atoms with E-state index in [0.717, 1.165) is 25.9 Å². The van der Waals surface area contributed by atoms with Crippen LogP contribution >= 0.6 is 0 Å². The summed E-state index contributed by atoms with van der Waals surface area (Å²) < 4.78 is 0. The van der Waals surface area contributed by atoms with E-state index in [1.54, 1.807) is 11.8 Å². The molecule has 0 bridgehead atoms. The maximum atomic E-state index is 12.3. The lowest BCUT2D eigenvalue weighted by Gasteiger charge is -2.38. The third-order valence-electron chi connectivity index (χ3n) is 3.89. The van der Waals surface area contributed by atoms with Gasteiger partial charge in [-0.2, -0.15) is 5.26 Å². The second-order valence-corrected chi connectivity index (χ2v) is 5.27. The van der Waals surface area contributed by atoms with E-state index in [2.05, 4.69) is 18.0 Å². The Kier molecular flexibility index (Phi) is 4.53. The maximum Gasteiger partial charge on any atom is 0.242 e. The van der Waals surface area contributed by atoms with Gasteiger partial charge in [0.05, 0.1) is 6.07 Å². The number of hydrogen-bond acceptors (Lipinski definition) is 3. The summed E-state index contributed by atoms with van der Waals surface area (Å²) in [4.78, 5) is 16.3. The van der Waals surface area contributed by atoms with E-state index in [1.807, 2.05) is 14.0 Å². The second kappa shape index (κ2) is 5.50. The van der Waals surface area contributed by atoms with Gasteiger partial charge in [0.1, 0.15) is 5.41 Å². The Morgan fingerprint density at radius 1 is 1.65 bits per heavy atom. The van der Waals surface area contributed by atoms with E-state index in [0.29, 0.717) is 6.42 Å². The molecule has 1 aliphatic rings. The van der Waals surface area contributed by atoms with Crippen molar-refractivity contribution < 1.29 is 4.79 Å². The number of carbonyl (C=O) groups is 1. The molecule has 1 heterocycles. The van der Waals surface area contributed by atoms with Crippen molar-refractivity contribution in [3.05, 3.63) is 0 Å². The smallest absolute Gasteiger partial charge is 0.242 e. The Morgan fingerprint density at radius 3 is 2.76 bits per heavy atom. The predicted octanol–water partition coefficient (Wildman–Crippen LogP) is 1.48. The first-order chi connectivity index (χ1) is 7.94. The number of likely N-dealkylation sites (tertiary alicyclic amines) is 1. The summed E-state index contributed by atoms with van der Waals surface area (Å²) in [6.07, 6.45) is 2.72. The monoisotopic (exact) mass is 237 g/mol. The van der Waals surface area contributed by atoms with Gasteiger partial charge in [0.2, 0.25) is 5.91 Å². The molecule has 1 fully saturated rings. The van der Waals surface area contributed by atoms with Crippen LogP contribution in [0.15, 0.2) is 0 Å². The number of piperidine rings is 1. The Morgan fingerprint density at radius 2 is 2.29 bits per heavy atom. The van der Waals surface area contributed by atoms with Gasteiger partial charge in [-0.1, -0.05) is 6.92 Å². The van der Waals surface area contributed by atoms with Crippen LogP contribution in [0.3, 0.4) is 0 Å². The summed E-state index contributed by atoms with van der Waals surface area (Å²) in [6.45, 7) is 5.63. The van der Waals surface area contributed by atoms with Crippen LogP contribution in [0, 0.1) is 16.7 Å². The van der Waals surface area contributed by atoms with E-state index in [-0.39, 0.29) is 11.9 Å². The van der Waals surface area contributed by atoms with Gasteiger partial charge in [-0.15, -0.1) is 0 Å². The maximum absolute atomic E-state index is 12.3. The molecule has 4 nitrogen and oxygen atoms in total. The van der Waals surface area contributed by atoms with E-state index >= 15 is 0 Å². The quantitative estimate of drug-likeness (QED) is 0.747. The number of amides is 1. The van der Waals surface area contributed by atoms with E-state index in [1.165, 1.54) is 0 Å². The molecule has 2 atom stereocenters. The lowest BCUT2D eigenvalue weighted by Crippen LogP contribution is -2.51. The van der Waals surface area contributed by atoms with Gasteiger partial charge < -0.3 is 9.80 Å². The van der Waals surface area contributed by atoms with E-state index in [9.17, 15) is 4.79 Å². The zero-order valence-electron chi connectivity index (χ0n) is 11.4. The summed E-state index contributed by atoms with van der Waals surface area (Å²) in [5.41, 5.74) is -0.870. The molecular formula is C13H23N3O. The van der Waals surface area contributed by atoms with Gasteiger partial charge in [-0.3, -0.25) is 4.79 Å². The van der Waals surface area contributed by atoms with Crippen molar-refractivity contribution in [2.45, 2.75) is 39.2 Å². The number of likely N-dealkylation sites (N-methyl/N-ethyl adjacent to an activating group) is 2. The van der Waals surface area contributed by atoms with Crippen LogP contribution in [0.1, 0.15) is 33.1 Å². The molecule has 0 aromatic heterocycles. The number of rotatable bonds is 3. The van der Waals surface area contributed by atoms with Gasteiger partial charge in [-0.05, 0) is 39.8 Å². The van der Waals surface area contributed by atoms with Gasteiger partial charge in [0, 0.05) is 19.6 Å². The molecule has 0 N–H and O–H groups in total. The Hall–Kier alpha value is -1.08. The fraction of sp³-hybridized carbons (Fsp3) is 0.846. The Balaban J connectivity index is 2.72. The average molecular weight is 237 g/mol. The van der Waals surface area contributed by atoms with Crippen LogP contribution in [-0.2, 0) is 4.79 Å². The lowest BCUT2D eigenvalue weighted by atomic mass is 9.87. The average Bonchev–Trinajstić information content (AvgIpc) is 2.36. The molecule has 1 amide bonds. The van der Waals surface area contributed by atoms with Crippen LogP contribution in [-0.4, -0.2) is 48.9 Å². The SMILES string of the molecule is CCC(C)(C#N)C(=O)N(C)C1CCCN(C)C1. The molecular weight excluding hydrogens is 214 g/mol. The fourth-order valence-electron chi connectivity index (χ4n) is 2.29. The first kappa shape index (κ1) is 14.0. The zero-order valence-corrected chi connectivity index (χ0v) is 11.4. The molecule has 96 valence electrons. The molecule has 0 aromatic carbocycles. The summed E-state index contributed by atoms with van der Waals surface area (Å²) in [7, 11) is 3.91. The van der Waals surface area contributed by atoms with E-state index < -0.39 is 5.41 Å². The summed E-state index contributed by atoms with van der Waals surface area (Å²) in [5, 5.41) is 9.15. The first-order valence-corrected chi connectivity index (χ1v) is 6.31. The standard InChI is InChI=1S/C13H23N3O/c1-5-13(2,10-14)12(17)16(4)11-7-6-8-15(3)9-11/h11H,5-9H2,1-4H3. The van der Waals surface area contributed by atoms with Crippen molar-refractivity contribution >= 4 is 5.91 Å². The molecule has 17 heavy (non-hydrogen) atoms. The summed E-state index contributed by atoms with van der Waals surface area (Å²) in [5.74, 6) is -0.0391. The highest BCUT2D eigenvalue weighted by Gasteiger charge is 2.37. The van der Waals surface area contributed by atoms with Crippen LogP contribution in [0.5, 0.6) is 0 Å². The van der Waals surface area contributed by atoms with Crippen molar-refractivity contribution in [2.75, 3.05) is 27.2 Å². The Labute approximate surface area is 104 Å². The van der Waals surface area contributed by atoms with Crippen LogP contribution in [0.25, 0.3) is 0 Å². The molecule has 0 aromatic rings. The summed E-state index contributed by atoms with van der Waals surface area (Å²) >= 11 is 0. The van der Waals surface area contributed by atoms with Crippen molar-refractivity contribution in [3.8, 4) is 6.07 Å².